The molecule has 1 aromatic heterocycles. The fraction of sp³-hybridized carbons (Fsp3) is 0.190. The second kappa shape index (κ2) is 8.80. The molecule has 2 amide bonds. The molecule has 27 heavy (non-hydrogen) atoms. The predicted molar refractivity (Wildman–Crippen MR) is 102 cm³/mol. The smallest absolute Gasteiger partial charge is 0.248 e. The van der Waals surface area contributed by atoms with Gasteiger partial charge in [0.25, 0.3) is 0 Å². The van der Waals surface area contributed by atoms with Crippen LogP contribution in [0.5, 0.6) is 0 Å². The van der Waals surface area contributed by atoms with Crippen molar-refractivity contribution in [1.82, 2.24) is 10.5 Å². The number of benzene rings is 2. The minimum Gasteiger partial charge on any atom is -0.360 e. The van der Waals surface area contributed by atoms with Gasteiger partial charge in [0.2, 0.25) is 11.8 Å². The largest absolute Gasteiger partial charge is 0.360 e. The minimum absolute atomic E-state index is 0.211. The molecule has 2 N–H and O–H groups in total. The third kappa shape index (κ3) is 5.54. The van der Waals surface area contributed by atoms with Crippen LogP contribution in [0.15, 0.2) is 71.3 Å². The maximum atomic E-state index is 12.7. The number of carbonyl (C=O) groups excluding carboxylic acids is 2. The summed E-state index contributed by atoms with van der Waals surface area (Å²) in [5.41, 5.74) is 1.84. The number of nitrogens with zero attached hydrogens (tertiary/aromatic N) is 1. The van der Waals surface area contributed by atoms with E-state index in [0.29, 0.717) is 18.0 Å². The Labute approximate surface area is 157 Å². The summed E-state index contributed by atoms with van der Waals surface area (Å²) in [5, 5.41) is 9.30. The van der Waals surface area contributed by atoms with Crippen LogP contribution >= 0.6 is 0 Å². The van der Waals surface area contributed by atoms with Crippen molar-refractivity contribution >= 4 is 17.6 Å². The Bertz CT molecular complexity index is 891. The van der Waals surface area contributed by atoms with Gasteiger partial charge in [-0.25, -0.2) is 0 Å². The quantitative estimate of drug-likeness (QED) is 0.676. The molecule has 0 bridgehead atoms. The summed E-state index contributed by atoms with van der Waals surface area (Å²) in [4.78, 5) is 25.2. The van der Waals surface area contributed by atoms with Gasteiger partial charge in [-0.2, -0.15) is 0 Å². The van der Waals surface area contributed by atoms with E-state index in [1.54, 1.807) is 13.0 Å². The summed E-state index contributed by atoms with van der Waals surface area (Å²) in [5.74, 6) is 0.369. The van der Waals surface area contributed by atoms with E-state index in [9.17, 15) is 9.59 Å². The van der Waals surface area contributed by atoms with Crippen LogP contribution in [0.4, 0.5) is 5.82 Å². The molecule has 0 aliphatic heterocycles. The van der Waals surface area contributed by atoms with Crippen molar-refractivity contribution in [3.05, 3.63) is 83.6 Å². The van der Waals surface area contributed by atoms with Crippen molar-refractivity contribution in [2.24, 2.45) is 0 Å². The van der Waals surface area contributed by atoms with E-state index in [2.05, 4.69) is 15.8 Å². The van der Waals surface area contributed by atoms with Crippen LogP contribution in [-0.4, -0.2) is 23.0 Å². The normalized spacial score (nSPS) is 11.6. The van der Waals surface area contributed by atoms with E-state index < -0.39 is 6.04 Å². The molecule has 0 saturated heterocycles. The number of hydrogen-bond acceptors (Lipinski definition) is 4. The summed E-state index contributed by atoms with van der Waals surface area (Å²) in [6, 6.07) is 19.9. The van der Waals surface area contributed by atoms with Crippen LogP contribution in [0.3, 0.4) is 0 Å². The summed E-state index contributed by atoms with van der Waals surface area (Å²) in [7, 11) is 0. The lowest BCUT2D eigenvalue weighted by Crippen LogP contribution is -2.45. The van der Waals surface area contributed by atoms with Gasteiger partial charge in [-0.15, -0.1) is 0 Å². The van der Waals surface area contributed by atoms with Gasteiger partial charge < -0.3 is 15.2 Å². The van der Waals surface area contributed by atoms with Gasteiger partial charge in [0, 0.05) is 12.5 Å². The third-order valence-electron chi connectivity index (χ3n) is 4.02. The summed E-state index contributed by atoms with van der Waals surface area (Å²) in [6.45, 7) is 1.74. The molecule has 0 saturated carbocycles. The second-order valence-corrected chi connectivity index (χ2v) is 6.28. The highest BCUT2D eigenvalue weighted by Gasteiger charge is 2.22. The zero-order valence-corrected chi connectivity index (χ0v) is 15.0. The predicted octanol–water partition coefficient (Wildman–Crippen LogP) is 2.89. The van der Waals surface area contributed by atoms with Gasteiger partial charge in [0.05, 0.1) is 6.42 Å². The highest BCUT2D eigenvalue weighted by atomic mass is 16.5. The molecule has 0 aliphatic rings. The topological polar surface area (TPSA) is 84.2 Å². The summed E-state index contributed by atoms with van der Waals surface area (Å²) < 4.78 is 4.97. The number of rotatable bonds is 7. The van der Waals surface area contributed by atoms with Gasteiger partial charge in [-0.05, 0) is 18.1 Å². The van der Waals surface area contributed by atoms with E-state index in [0.717, 1.165) is 11.1 Å². The Morgan fingerprint density at radius 3 is 2.22 bits per heavy atom. The number of carbonyl (C=O) groups is 2. The van der Waals surface area contributed by atoms with E-state index >= 15 is 0 Å². The molecular formula is C21H21N3O3. The van der Waals surface area contributed by atoms with Crippen LogP contribution < -0.4 is 10.6 Å². The molecule has 1 heterocycles. The number of hydrogen-bond donors (Lipinski definition) is 2. The molecular weight excluding hydrogens is 342 g/mol. The van der Waals surface area contributed by atoms with Crippen LogP contribution in [0.1, 0.15) is 16.9 Å². The number of anilines is 1. The molecule has 6 heteroatoms. The van der Waals surface area contributed by atoms with Gasteiger partial charge in [0.15, 0.2) is 5.82 Å². The average molecular weight is 363 g/mol. The molecule has 138 valence electrons. The molecule has 2 aromatic carbocycles. The highest BCUT2D eigenvalue weighted by Crippen LogP contribution is 2.10. The molecule has 0 spiro atoms. The Hall–Kier alpha value is -3.41. The lowest BCUT2D eigenvalue weighted by molar-refractivity contribution is -0.126. The van der Waals surface area contributed by atoms with E-state index in [1.807, 2.05) is 60.7 Å². The minimum atomic E-state index is -0.722. The highest BCUT2D eigenvalue weighted by molar-refractivity contribution is 5.97. The van der Waals surface area contributed by atoms with Crippen molar-refractivity contribution in [2.75, 3.05) is 5.32 Å². The zero-order valence-electron chi connectivity index (χ0n) is 15.0. The first-order valence-corrected chi connectivity index (χ1v) is 8.71. The number of aromatic nitrogens is 1. The monoisotopic (exact) mass is 363 g/mol. The average Bonchev–Trinajstić information content (AvgIpc) is 3.07. The summed E-state index contributed by atoms with van der Waals surface area (Å²) >= 11 is 0. The summed E-state index contributed by atoms with van der Waals surface area (Å²) in [6.07, 6.45) is 0.590. The van der Waals surface area contributed by atoms with Crippen LogP contribution in [0.2, 0.25) is 0 Å². The lowest BCUT2D eigenvalue weighted by Gasteiger charge is -2.18. The van der Waals surface area contributed by atoms with Gasteiger partial charge in [0.1, 0.15) is 11.8 Å². The van der Waals surface area contributed by atoms with Crippen molar-refractivity contribution < 1.29 is 14.1 Å². The van der Waals surface area contributed by atoms with Crippen molar-refractivity contribution in [3.63, 3.8) is 0 Å². The Kier molecular flexibility index (Phi) is 5.99. The number of nitrogens with one attached hydrogen (secondary N) is 2. The van der Waals surface area contributed by atoms with E-state index in [4.69, 9.17) is 4.52 Å². The van der Waals surface area contributed by atoms with Gasteiger partial charge in [-0.1, -0.05) is 65.8 Å². The van der Waals surface area contributed by atoms with Gasteiger partial charge in [-0.3, -0.25) is 9.59 Å². The standard InChI is InChI=1S/C21H21N3O3/c1-15-12-19(24-27-15)23-21(26)18(13-16-8-4-2-5-9-16)22-20(25)14-17-10-6-3-7-11-17/h2-12,18H,13-14H2,1H3,(H,22,25)(H,23,24,26). The first kappa shape index (κ1) is 18.4. The van der Waals surface area contributed by atoms with Crippen LogP contribution in [-0.2, 0) is 22.4 Å². The second-order valence-electron chi connectivity index (χ2n) is 6.28. The molecule has 1 atom stereocenters. The third-order valence-corrected chi connectivity index (χ3v) is 4.02. The Morgan fingerprint density at radius 2 is 1.63 bits per heavy atom. The molecule has 0 fully saturated rings. The first-order chi connectivity index (χ1) is 13.1. The van der Waals surface area contributed by atoms with E-state index in [-0.39, 0.29) is 18.2 Å². The number of amides is 2. The SMILES string of the molecule is Cc1cc(NC(=O)C(Cc2ccccc2)NC(=O)Cc2ccccc2)no1. The Balaban J connectivity index is 1.70. The molecule has 1 unspecified atom stereocenters. The molecule has 0 aliphatic carbocycles. The van der Waals surface area contributed by atoms with Crippen LogP contribution in [0.25, 0.3) is 0 Å². The van der Waals surface area contributed by atoms with Crippen LogP contribution in [0, 0.1) is 6.92 Å². The Morgan fingerprint density at radius 1 is 1.00 bits per heavy atom. The van der Waals surface area contributed by atoms with Crippen molar-refractivity contribution in [2.45, 2.75) is 25.8 Å². The fourth-order valence-corrected chi connectivity index (χ4v) is 2.72. The first-order valence-electron chi connectivity index (χ1n) is 8.71. The molecule has 3 rings (SSSR count). The van der Waals surface area contributed by atoms with Crippen molar-refractivity contribution in [3.8, 4) is 0 Å². The molecule has 6 nitrogen and oxygen atoms in total. The zero-order chi connectivity index (χ0) is 19.1. The molecule has 0 radical (unpaired) electrons. The maximum absolute atomic E-state index is 12.7. The van der Waals surface area contributed by atoms with Gasteiger partial charge >= 0.3 is 0 Å². The maximum Gasteiger partial charge on any atom is 0.248 e. The molecule has 3 aromatic rings. The van der Waals surface area contributed by atoms with Crippen molar-refractivity contribution in [1.29, 1.82) is 0 Å². The van der Waals surface area contributed by atoms with E-state index in [1.165, 1.54) is 0 Å². The fourth-order valence-electron chi connectivity index (χ4n) is 2.72. The number of aryl methyl sites for hydroxylation is 1. The lowest BCUT2D eigenvalue weighted by atomic mass is 10.0.